The summed E-state index contributed by atoms with van der Waals surface area (Å²) in [4.78, 5) is 117. The molecule has 19 nitrogen and oxygen atoms in total. The van der Waals surface area contributed by atoms with Crippen LogP contribution in [0.3, 0.4) is 0 Å². The van der Waals surface area contributed by atoms with Gasteiger partial charge in [0.1, 0.15) is 54.6 Å². The number of carbonyl (C=O) groups is 8. The minimum absolute atomic E-state index is 0.0121. The van der Waals surface area contributed by atoms with Gasteiger partial charge in [-0.2, -0.15) is 0 Å². The molecule has 0 aromatic heterocycles. The largest absolute Gasteiger partial charge is 0.484 e. The van der Waals surface area contributed by atoms with Crippen molar-refractivity contribution >= 4 is 93.7 Å². The first kappa shape index (κ1) is 81.1. The van der Waals surface area contributed by atoms with Crippen LogP contribution in [-0.4, -0.2) is 162 Å². The van der Waals surface area contributed by atoms with E-state index in [-0.39, 0.29) is 79.0 Å². The third-order valence-corrected chi connectivity index (χ3v) is 20.6. The highest BCUT2D eigenvalue weighted by Crippen LogP contribution is 2.40. The summed E-state index contributed by atoms with van der Waals surface area (Å²) in [5, 5.41) is 20.8. The number of nitrogens with zero attached hydrogens (tertiary/aromatic N) is 8. The number of aliphatic hydroxyl groups excluding tert-OH is 1. The molecule has 4 aliphatic rings. The molecule has 0 bridgehead atoms. The van der Waals surface area contributed by atoms with Crippen LogP contribution in [0.25, 0.3) is 0 Å². The van der Waals surface area contributed by atoms with E-state index in [0.717, 1.165) is 50.9 Å². The Labute approximate surface area is 656 Å². The normalized spacial score (nSPS) is 19.5. The van der Waals surface area contributed by atoms with Gasteiger partial charge in [0, 0.05) is 100 Å². The Morgan fingerprint density at radius 3 is 0.945 bits per heavy atom. The molecule has 8 atom stereocenters. The highest BCUT2D eigenvalue weighted by Gasteiger charge is 2.51. The van der Waals surface area contributed by atoms with E-state index in [1.54, 1.807) is 128 Å². The topological polar surface area (TPSA) is 212 Å². The van der Waals surface area contributed by atoms with Crippen LogP contribution >= 0.6 is 46.4 Å². The Hall–Kier alpha value is -10.4. The lowest BCUT2D eigenvalue weighted by Crippen LogP contribution is -2.43. The molecule has 9 aromatic rings. The Balaban J connectivity index is 0.000000155. The summed E-state index contributed by atoms with van der Waals surface area (Å²) in [5.41, 5.74) is 7.39. The fraction of sp³-hybridized carbons (Fsp3) is 0.279. The van der Waals surface area contributed by atoms with Crippen molar-refractivity contribution in [3.05, 3.63) is 313 Å². The molecule has 9 aromatic carbocycles. The van der Waals surface area contributed by atoms with Gasteiger partial charge in [-0.05, 0) is 112 Å². The molecule has 13 rings (SSSR count). The zero-order valence-corrected chi connectivity index (χ0v) is 64.4. The van der Waals surface area contributed by atoms with Gasteiger partial charge < -0.3 is 54.1 Å². The number of amides is 8. The molecular formula is C86H88Cl4N8O11. The monoisotopic (exact) mass is 1550 g/mol. The number of likely N-dealkylation sites (N-methyl/N-ethyl adjacent to an activating group) is 4. The van der Waals surface area contributed by atoms with Crippen molar-refractivity contribution in [1.29, 1.82) is 0 Å². The second kappa shape index (κ2) is 38.1. The average molecular weight is 1550 g/mol. The van der Waals surface area contributed by atoms with Crippen molar-refractivity contribution in [1.82, 2.24) is 39.2 Å². The minimum Gasteiger partial charge on any atom is -0.484 e. The SMILES string of the molecule is CC(=O)N1C(Cc2ccc(Cl)cc2)C(=O)N(C)C1c1ccccc1.CCCC(=O)N1C(Cc2ccc(Cl)cc2)C(=O)N(C)C1c1ccccc1.CN1C(=O)C(Cc2ccccc2)N(C(=O)CCC(O)O)C1c1ccc(Cl)cc1.CN1C(=O)C(Cc2ccccc2)N(C(=O)COc2ccccc2)C1c1ccc(Cl)cc1. The van der Waals surface area contributed by atoms with Gasteiger partial charge in [-0.3, -0.25) is 38.4 Å². The van der Waals surface area contributed by atoms with E-state index < -0.39 is 42.8 Å². The van der Waals surface area contributed by atoms with Crippen molar-refractivity contribution < 1.29 is 53.3 Å². The maximum atomic E-state index is 13.4. The lowest BCUT2D eigenvalue weighted by Gasteiger charge is -2.30. The first-order valence-corrected chi connectivity index (χ1v) is 37.5. The van der Waals surface area contributed by atoms with Crippen LogP contribution in [0.2, 0.25) is 20.1 Å². The summed E-state index contributed by atoms with van der Waals surface area (Å²) in [5.74, 6) is -0.365. The van der Waals surface area contributed by atoms with Crippen molar-refractivity contribution in [2.24, 2.45) is 0 Å². The molecular weight excluding hydrogens is 1460 g/mol. The predicted molar refractivity (Wildman–Crippen MR) is 421 cm³/mol. The molecule has 4 heterocycles. The second-order valence-electron chi connectivity index (χ2n) is 27.0. The van der Waals surface area contributed by atoms with E-state index in [2.05, 4.69) is 0 Å². The Kier molecular flexibility index (Phi) is 28.4. The van der Waals surface area contributed by atoms with Gasteiger partial charge in [0.25, 0.3) is 5.91 Å². The number of rotatable bonds is 20. The summed E-state index contributed by atoms with van der Waals surface area (Å²) in [7, 11) is 6.92. The summed E-state index contributed by atoms with van der Waals surface area (Å²) >= 11 is 23.9. The summed E-state index contributed by atoms with van der Waals surface area (Å²) in [6, 6.07) is 74.6. The number of hydrogen-bond acceptors (Lipinski definition) is 11. The molecule has 8 amide bonds. The van der Waals surface area contributed by atoms with Crippen LogP contribution < -0.4 is 4.74 Å². The summed E-state index contributed by atoms with van der Waals surface area (Å²) < 4.78 is 5.71. The number of benzene rings is 9. The third-order valence-electron chi connectivity index (χ3n) is 19.6. The maximum absolute atomic E-state index is 13.4. The first-order valence-electron chi connectivity index (χ1n) is 35.9. The van der Waals surface area contributed by atoms with Gasteiger partial charge in [-0.15, -0.1) is 0 Å². The van der Waals surface area contributed by atoms with Crippen LogP contribution in [0.1, 0.15) is 109 Å². The molecule has 4 saturated heterocycles. The zero-order chi connectivity index (χ0) is 78.0. The van der Waals surface area contributed by atoms with Crippen molar-refractivity contribution in [2.45, 2.75) is 120 Å². The van der Waals surface area contributed by atoms with E-state index in [9.17, 15) is 38.4 Å². The highest BCUT2D eigenvalue weighted by molar-refractivity contribution is 6.31. The van der Waals surface area contributed by atoms with Crippen molar-refractivity contribution in [3.8, 4) is 5.75 Å². The number of hydrogen-bond donors (Lipinski definition) is 2. The lowest BCUT2D eigenvalue weighted by atomic mass is 10.0. The minimum atomic E-state index is -1.57. The molecule has 2 N–H and O–H groups in total. The Morgan fingerprint density at radius 1 is 0.358 bits per heavy atom. The number of para-hydroxylation sites is 1. The highest BCUT2D eigenvalue weighted by atomic mass is 35.5. The van der Waals surface area contributed by atoms with Crippen molar-refractivity contribution in [2.75, 3.05) is 34.8 Å². The number of aliphatic hydroxyl groups is 2. The van der Waals surface area contributed by atoms with E-state index in [4.69, 9.17) is 61.4 Å². The fourth-order valence-corrected chi connectivity index (χ4v) is 14.8. The number of ether oxygens (including phenoxy) is 1. The molecule has 0 saturated carbocycles. The molecule has 4 fully saturated rings. The van der Waals surface area contributed by atoms with Gasteiger partial charge in [0.05, 0.1) is 0 Å². The maximum Gasteiger partial charge on any atom is 0.263 e. The molecule has 4 aliphatic heterocycles. The van der Waals surface area contributed by atoms with Gasteiger partial charge >= 0.3 is 0 Å². The zero-order valence-electron chi connectivity index (χ0n) is 61.4. The van der Waals surface area contributed by atoms with E-state index >= 15 is 0 Å². The summed E-state index contributed by atoms with van der Waals surface area (Å²) in [6.07, 6.45) is -0.562. The molecule has 8 unspecified atom stereocenters. The third kappa shape index (κ3) is 20.1. The average Bonchev–Trinajstić information content (AvgIpc) is 1.65. The van der Waals surface area contributed by atoms with E-state index in [1.165, 1.54) is 6.92 Å². The Morgan fingerprint density at radius 2 is 0.624 bits per heavy atom. The Bertz CT molecular complexity index is 4540. The van der Waals surface area contributed by atoms with E-state index in [1.807, 2.05) is 195 Å². The first-order chi connectivity index (χ1) is 52.4. The predicted octanol–water partition coefficient (Wildman–Crippen LogP) is 14.0. The molecule has 109 heavy (non-hydrogen) atoms. The molecule has 0 spiro atoms. The van der Waals surface area contributed by atoms with E-state index in [0.29, 0.717) is 57.9 Å². The van der Waals surface area contributed by atoms with Crippen molar-refractivity contribution in [3.63, 3.8) is 0 Å². The van der Waals surface area contributed by atoms with Gasteiger partial charge in [0.2, 0.25) is 41.4 Å². The standard InChI is InChI=1S/C25H23ClN2O3.C21H23ClN2O4.C21H23ClN2O2.C19H19ClN2O2/c1-27-24(19-12-14-20(26)15-13-19)28(23(29)17-31-21-10-6-3-7-11-21)22(25(27)30)16-18-8-4-2-5-9-18;1-23-20(15-7-9-16(22)10-8-15)24(18(25)11-12-19(26)27)17(21(23)28)13-14-5-3-2-4-6-14;1-3-7-19(25)24-18(14-15-10-12-17(22)13-11-15)21(26)23(2)20(24)16-8-5-4-6-9-16;1-13(23)22-17(12-14-8-10-16(20)11-9-14)19(24)21(2)18(22)15-6-4-3-5-7-15/h2-15,22,24H,16-17H2,1H3;2-10,17,19-20,26-27H,11-13H2,1H3;4-6,8-13,18,20H,3,7,14H2,1-2H3;3-11,17-18H,12H2,1-2H3. The lowest BCUT2D eigenvalue weighted by molar-refractivity contribution is -0.139. The quantitative estimate of drug-likeness (QED) is 0.0685. The van der Waals surface area contributed by atoms with Crippen LogP contribution in [0.15, 0.2) is 249 Å². The fourth-order valence-electron chi connectivity index (χ4n) is 14.3. The molecule has 23 heteroatoms. The molecule has 0 aliphatic carbocycles. The van der Waals surface area contributed by atoms with Gasteiger partial charge in [-0.1, -0.05) is 241 Å². The van der Waals surface area contributed by atoms with Crippen LogP contribution in [-0.2, 0) is 64.0 Å². The smallest absolute Gasteiger partial charge is 0.263 e. The number of halogens is 4. The summed E-state index contributed by atoms with van der Waals surface area (Å²) in [6.45, 7) is 3.34. The van der Waals surface area contributed by atoms with Gasteiger partial charge in [0.15, 0.2) is 12.9 Å². The van der Waals surface area contributed by atoms with Crippen LogP contribution in [0.4, 0.5) is 0 Å². The second-order valence-corrected chi connectivity index (χ2v) is 28.8. The molecule has 566 valence electrons. The van der Waals surface area contributed by atoms with Gasteiger partial charge in [-0.25, -0.2) is 0 Å². The molecule has 0 radical (unpaired) electrons. The van der Waals surface area contributed by atoms with Crippen LogP contribution in [0.5, 0.6) is 5.75 Å². The van der Waals surface area contributed by atoms with Crippen LogP contribution in [0, 0.1) is 0 Å². The number of carbonyl (C=O) groups excluding carboxylic acids is 8.